The number of thioether (sulfide) groups is 1. The minimum absolute atomic E-state index is 0.511. The molecular formula is C14H14F2N2S. The summed E-state index contributed by atoms with van der Waals surface area (Å²) < 4.78 is 24.9. The van der Waals surface area contributed by atoms with Crippen LogP contribution in [0.1, 0.15) is 5.56 Å². The highest BCUT2D eigenvalue weighted by molar-refractivity contribution is 7.99. The molecule has 0 atom stereocenters. The molecule has 2 aromatic rings. The van der Waals surface area contributed by atoms with Crippen molar-refractivity contribution >= 4 is 28.8 Å². The third-order valence-electron chi connectivity index (χ3n) is 2.66. The van der Waals surface area contributed by atoms with Crippen molar-refractivity contribution in [1.29, 1.82) is 0 Å². The summed E-state index contributed by atoms with van der Waals surface area (Å²) in [6.07, 6.45) is 0. The molecule has 2 rings (SSSR count). The lowest BCUT2D eigenvalue weighted by Crippen LogP contribution is -1.96. The minimum Gasteiger partial charge on any atom is -0.398 e. The van der Waals surface area contributed by atoms with Crippen molar-refractivity contribution in [3.63, 3.8) is 0 Å². The number of nitrogen functional groups attached to an aromatic ring is 1. The highest BCUT2D eigenvalue weighted by Crippen LogP contribution is 2.33. The van der Waals surface area contributed by atoms with E-state index in [0.717, 1.165) is 11.3 Å². The standard InChI is InChI=1S/C14H14F2N2S/c1-9-6-7-10(8-11(9)17)18-12-4-2-3-5-13(12)19-14(15)16/h2-8,14,18H,17H2,1H3. The molecule has 5 heteroatoms. The van der Waals surface area contributed by atoms with Crippen molar-refractivity contribution in [1.82, 2.24) is 0 Å². The fraction of sp³-hybridized carbons (Fsp3) is 0.143. The zero-order valence-corrected chi connectivity index (χ0v) is 11.2. The summed E-state index contributed by atoms with van der Waals surface area (Å²) in [4.78, 5) is 0.511. The highest BCUT2D eigenvalue weighted by Gasteiger charge is 2.09. The Morgan fingerprint density at radius 3 is 2.58 bits per heavy atom. The molecule has 0 amide bonds. The quantitative estimate of drug-likeness (QED) is 0.633. The van der Waals surface area contributed by atoms with Crippen LogP contribution in [0, 0.1) is 6.92 Å². The van der Waals surface area contributed by atoms with Gasteiger partial charge in [0.15, 0.2) is 0 Å². The van der Waals surface area contributed by atoms with E-state index in [9.17, 15) is 8.78 Å². The predicted octanol–water partition coefficient (Wildman–Crippen LogP) is 4.64. The number of nitrogens with two attached hydrogens (primary N) is 1. The van der Waals surface area contributed by atoms with E-state index in [-0.39, 0.29) is 0 Å². The zero-order chi connectivity index (χ0) is 13.8. The van der Waals surface area contributed by atoms with Crippen LogP contribution in [0.2, 0.25) is 0 Å². The molecule has 0 aliphatic carbocycles. The lowest BCUT2D eigenvalue weighted by Gasteiger charge is -2.12. The Morgan fingerprint density at radius 1 is 1.16 bits per heavy atom. The number of benzene rings is 2. The molecule has 2 nitrogen and oxygen atoms in total. The molecule has 0 bridgehead atoms. The van der Waals surface area contributed by atoms with Gasteiger partial charge in [-0.1, -0.05) is 30.0 Å². The Labute approximate surface area is 115 Å². The number of nitrogens with one attached hydrogen (secondary N) is 1. The van der Waals surface area contributed by atoms with E-state index >= 15 is 0 Å². The maximum absolute atomic E-state index is 12.5. The van der Waals surface area contributed by atoms with Crippen LogP contribution in [0.4, 0.5) is 25.8 Å². The summed E-state index contributed by atoms with van der Waals surface area (Å²) in [5.41, 5.74) is 8.92. The van der Waals surface area contributed by atoms with Crippen LogP contribution in [0.25, 0.3) is 0 Å². The number of halogens is 2. The minimum atomic E-state index is -2.44. The average Bonchev–Trinajstić information content (AvgIpc) is 2.36. The van der Waals surface area contributed by atoms with Crippen LogP contribution in [-0.2, 0) is 0 Å². The van der Waals surface area contributed by atoms with Gasteiger partial charge in [-0.15, -0.1) is 0 Å². The number of rotatable bonds is 4. The van der Waals surface area contributed by atoms with E-state index in [1.54, 1.807) is 30.3 Å². The molecule has 0 aliphatic rings. The maximum atomic E-state index is 12.5. The highest BCUT2D eigenvalue weighted by atomic mass is 32.2. The van der Waals surface area contributed by atoms with Gasteiger partial charge in [0.1, 0.15) is 0 Å². The normalized spacial score (nSPS) is 10.7. The lowest BCUT2D eigenvalue weighted by atomic mass is 10.2. The van der Waals surface area contributed by atoms with E-state index in [0.29, 0.717) is 28.0 Å². The van der Waals surface area contributed by atoms with Crippen LogP contribution >= 0.6 is 11.8 Å². The first-order chi connectivity index (χ1) is 9.06. The molecular weight excluding hydrogens is 266 g/mol. The van der Waals surface area contributed by atoms with Crippen molar-refractivity contribution in [3.05, 3.63) is 48.0 Å². The summed E-state index contributed by atoms with van der Waals surface area (Å²) in [7, 11) is 0. The molecule has 2 aromatic carbocycles. The van der Waals surface area contributed by atoms with Gasteiger partial charge in [0.05, 0.1) is 5.69 Å². The molecule has 0 aliphatic heterocycles. The fourth-order valence-corrected chi connectivity index (χ4v) is 2.24. The van der Waals surface area contributed by atoms with Gasteiger partial charge >= 0.3 is 0 Å². The molecule has 0 fully saturated rings. The Hall–Kier alpha value is -1.75. The summed E-state index contributed by atoms with van der Waals surface area (Å²) >= 11 is 0.525. The summed E-state index contributed by atoms with van der Waals surface area (Å²) in [6, 6.07) is 12.5. The average molecular weight is 280 g/mol. The number of alkyl halides is 2. The monoisotopic (exact) mass is 280 g/mol. The van der Waals surface area contributed by atoms with Gasteiger partial charge < -0.3 is 11.1 Å². The fourth-order valence-electron chi connectivity index (χ4n) is 1.64. The van der Waals surface area contributed by atoms with Crippen molar-refractivity contribution in [2.45, 2.75) is 17.6 Å². The van der Waals surface area contributed by atoms with E-state index in [4.69, 9.17) is 5.73 Å². The molecule has 3 N–H and O–H groups in total. The van der Waals surface area contributed by atoms with Crippen LogP contribution in [0.5, 0.6) is 0 Å². The van der Waals surface area contributed by atoms with Crippen molar-refractivity contribution in [2.24, 2.45) is 0 Å². The number of para-hydroxylation sites is 1. The van der Waals surface area contributed by atoms with E-state index in [1.807, 2.05) is 19.1 Å². The largest absolute Gasteiger partial charge is 0.398 e. The Morgan fingerprint density at radius 2 is 1.89 bits per heavy atom. The second-order valence-electron chi connectivity index (χ2n) is 4.07. The molecule has 0 heterocycles. The third-order valence-corrected chi connectivity index (χ3v) is 3.45. The second-order valence-corrected chi connectivity index (χ2v) is 5.10. The number of hydrogen-bond acceptors (Lipinski definition) is 3. The molecule has 0 saturated carbocycles. The second kappa shape index (κ2) is 5.93. The van der Waals surface area contributed by atoms with Crippen molar-refractivity contribution in [2.75, 3.05) is 11.1 Å². The number of hydrogen-bond donors (Lipinski definition) is 2. The SMILES string of the molecule is Cc1ccc(Nc2ccccc2SC(F)F)cc1N. The lowest BCUT2D eigenvalue weighted by molar-refractivity contribution is 0.252. The van der Waals surface area contributed by atoms with Crippen molar-refractivity contribution < 1.29 is 8.78 Å². The van der Waals surface area contributed by atoms with Gasteiger partial charge in [-0.25, -0.2) is 0 Å². The van der Waals surface area contributed by atoms with Gasteiger partial charge in [-0.3, -0.25) is 0 Å². The van der Waals surface area contributed by atoms with E-state index in [2.05, 4.69) is 5.32 Å². The van der Waals surface area contributed by atoms with Gasteiger partial charge in [0, 0.05) is 16.3 Å². The van der Waals surface area contributed by atoms with E-state index < -0.39 is 5.76 Å². The van der Waals surface area contributed by atoms with Gasteiger partial charge in [0.2, 0.25) is 0 Å². The summed E-state index contributed by atoms with van der Waals surface area (Å²) in [6.45, 7) is 1.92. The Kier molecular flexibility index (Phi) is 4.27. The molecule has 0 saturated heterocycles. The van der Waals surface area contributed by atoms with E-state index in [1.165, 1.54) is 0 Å². The molecule has 0 aromatic heterocycles. The molecule has 19 heavy (non-hydrogen) atoms. The smallest absolute Gasteiger partial charge is 0.288 e. The first-order valence-electron chi connectivity index (χ1n) is 5.73. The number of aryl methyl sites for hydroxylation is 1. The van der Waals surface area contributed by atoms with Crippen LogP contribution in [0.3, 0.4) is 0 Å². The predicted molar refractivity (Wildman–Crippen MR) is 77.2 cm³/mol. The first-order valence-corrected chi connectivity index (χ1v) is 6.61. The third kappa shape index (κ3) is 3.61. The molecule has 0 spiro atoms. The van der Waals surface area contributed by atoms with Gasteiger partial charge in [-0.2, -0.15) is 8.78 Å². The Bertz CT molecular complexity index is 573. The topological polar surface area (TPSA) is 38.0 Å². The van der Waals surface area contributed by atoms with Crippen LogP contribution in [-0.4, -0.2) is 5.76 Å². The molecule has 0 unspecified atom stereocenters. The zero-order valence-electron chi connectivity index (χ0n) is 10.4. The summed E-state index contributed by atoms with van der Waals surface area (Å²) in [5.74, 6) is -2.44. The summed E-state index contributed by atoms with van der Waals surface area (Å²) in [5, 5.41) is 3.11. The van der Waals surface area contributed by atoms with Crippen LogP contribution in [0.15, 0.2) is 47.4 Å². The number of anilines is 3. The molecule has 0 radical (unpaired) electrons. The van der Waals surface area contributed by atoms with Crippen molar-refractivity contribution in [3.8, 4) is 0 Å². The van der Waals surface area contributed by atoms with Gasteiger partial charge in [0.25, 0.3) is 5.76 Å². The molecule has 100 valence electrons. The van der Waals surface area contributed by atoms with Gasteiger partial charge in [-0.05, 0) is 36.8 Å². The Balaban J connectivity index is 2.25. The first kappa shape index (κ1) is 13.7. The van der Waals surface area contributed by atoms with Crippen LogP contribution < -0.4 is 11.1 Å². The maximum Gasteiger partial charge on any atom is 0.288 e.